The molecule has 3 aliphatic rings. The van der Waals surface area contributed by atoms with Crippen LogP contribution < -0.4 is 5.32 Å². The normalized spacial score (nSPS) is 24.4. The number of hydrogen-bond acceptors (Lipinski definition) is 3. The maximum Gasteiger partial charge on any atom is 0.237 e. The summed E-state index contributed by atoms with van der Waals surface area (Å²) in [6.07, 6.45) is 8.62. The van der Waals surface area contributed by atoms with Crippen LogP contribution in [0, 0.1) is 11.8 Å². The summed E-state index contributed by atoms with van der Waals surface area (Å²) in [6.45, 7) is 7.39. The van der Waals surface area contributed by atoms with Gasteiger partial charge in [0.2, 0.25) is 11.8 Å². The second-order valence-electron chi connectivity index (χ2n) is 7.16. The molecule has 0 radical (unpaired) electrons. The van der Waals surface area contributed by atoms with Crippen molar-refractivity contribution >= 4 is 11.8 Å². The Morgan fingerprint density at radius 2 is 1.74 bits per heavy atom. The third kappa shape index (κ3) is 3.94. The van der Waals surface area contributed by atoms with E-state index in [2.05, 4.69) is 16.8 Å². The molecular formula is C18H29N3O2. The molecule has 0 aromatic heterocycles. The van der Waals surface area contributed by atoms with Gasteiger partial charge in [-0.2, -0.15) is 0 Å². The topological polar surface area (TPSA) is 52.7 Å². The third-order valence-corrected chi connectivity index (χ3v) is 5.48. The van der Waals surface area contributed by atoms with Gasteiger partial charge in [0, 0.05) is 38.6 Å². The summed E-state index contributed by atoms with van der Waals surface area (Å²) in [6, 6.07) is -0.0318. The van der Waals surface area contributed by atoms with E-state index in [1.54, 1.807) is 6.08 Å². The maximum absolute atomic E-state index is 12.6. The summed E-state index contributed by atoms with van der Waals surface area (Å²) in [5, 5.41) is 2.99. The highest BCUT2D eigenvalue weighted by molar-refractivity contribution is 5.83. The molecule has 0 spiro atoms. The number of amides is 2. The molecule has 5 nitrogen and oxygen atoms in total. The van der Waals surface area contributed by atoms with E-state index >= 15 is 0 Å². The monoisotopic (exact) mass is 319 g/mol. The van der Waals surface area contributed by atoms with Crippen LogP contribution in [0.2, 0.25) is 0 Å². The standard InChI is InChI=1S/C18H29N3O2/c1-2-9-19-17(22)16(14-5-3-4-6-14)20-10-12-21(13-11-20)18(23)15-7-8-15/h2,14-16H,1,3-13H2,(H,19,22). The van der Waals surface area contributed by atoms with Crippen molar-refractivity contribution in [2.45, 2.75) is 44.6 Å². The molecule has 1 saturated heterocycles. The second-order valence-corrected chi connectivity index (χ2v) is 7.16. The average molecular weight is 319 g/mol. The molecule has 0 bridgehead atoms. The highest BCUT2D eigenvalue weighted by Crippen LogP contribution is 2.33. The van der Waals surface area contributed by atoms with E-state index < -0.39 is 0 Å². The lowest BCUT2D eigenvalue weighted by atomic mass is 9.95. The first-order chi connectivity index (χ1) is 11.2. The smallest absolute Gasteiger partial charge is 0.237 e. The Balaban J connectivity index is 1.59. The Morgan fingerprint density at radius 3 is 2.30 bits per heavy atom. The van der Waals surface area contributed by atoms with Gasteiger partial charge in [0.05, 0.1) is 6.04 Å². The van der Waals surface area contributed by atoms with Crippen LogP contribution in [0.3, 0.4) is 0 Å². The molecule has 3 rings (SSSR count). The number of nitrogens with one attached hydrogen (secondary N) is 1. The minimum Gasteiger partial charge on any atom is -0.351 e. The van der Waals surface area contributed by atoms with Gasteiger partial charge < -0.3 is 10.2 Å². The molecule has 5 heteroatoms. The predicted octanol–water partition coefficient (Wildman–Crippen LogP) is 1.40. The molecule has 0 aromatic carbocycles. The van der Waals surface area contributed by atoms with Crippen molar-refractivity contribution in [1.29, 1.82) is 0 Å². The zero-order valence-corrected chi connectivity index (χ0v) is 14.0. The summed E-state index contributed by atoms with van der Waals surface area (Å²) in [5.41, 5.74) is 0. The first-order valence-electron chi connectivity index (χ1n) is 9.12. The molecule has 3 fully saturated rings. The lowest BCUT2D eigenvalue weighted by Gasteiger charge is -2.40. The van der Waals surface area contributed by atoms with Gasteiger partial charge in [0.15, 0.2) is 0 Å². The number of rotatable bonds is 6. The van der Waals surface area contributed by atoms with Gasteiger partial charge in [-0.25, -0.2) is 0 Å². The molecule has 1 heterocycles. The highest BCUT2D eigenvalue weighted by Gasteiger charge is 2.39. The molecule has 128 valence electrons. The number of carbonyl (C=O) groups is 2. The van der Waals surface area contributed by atoms with Crippen molar-refractivity contribution < 1.29 is 9.59 Å². The van der Waals surface area contributed by atoms with Gasteiger partial charge >= 0.3 is 0 Å². The van der Waals surface area contributed by atoms with Crippen LogP contribution in [-0.2, 0) is 9.59 Å². The molecule has 1 unspecified atom stereocenters. The summed E-state index contributed by atoms with van der Waals surface area (Å²) >= 11 is 0. The zero-order chi connectivity index (χ0) is 16.2. The Kier molecular flexibility index (Phi) is 5.36. The van der Waals surface area contributed by atoms with Crippen molar-refractivity contribution in [3.05, 3.63) is 12.7 Å². The Bertz CT molecular complexity index is 447. The van der Waals surface area contributed by atoms with Gasteiger partial charge in [0.25, 0.3) is 0 Å². The number of nitrogens with zero attached hydrogens (tertiary/aromatic N) is 2. The van der Waals surface area contributed by atoms with Crippen molar-refractivity contribution in [2.75, 3.05) is 32.7 Å². The van der Waals surface area contributed by atoms with Crippen molar-refractivity contribution in [2.24, 2.45) is 11.8 Å². The van der Waals surface area contributed by atoms with Gasteiger partial charge in [-0.1, -0.05) is 18.9 Å². The number of hydrogen-bond donors (Lipinski definition) is 1. The Morgan fingerprint density at radius 1 is 1.09 bits per heavy atom. The quantitative estimate of drug-likeness (QED) is 0.753. The SMILES string of the molecule is C=CCNC(=O)C(C1CCCC1)N1CCN(C(=O)C2CC2)CC1. The van der Waals surface area contributed by atoms with Crippen molar-refractivity contribution in [1.82, 2.24) is 15.1 Å². The lowest BCUT2D eigenvalue weighted by Crippen LogP contribution is -2.58. The van der Waals surface area contributed by atoms with Gasteiger partial charge in [-0.3, -0.25) is 14.5 Å². The molecule has 0 aromatic rings. The van der Waals surface area contributed by atoms with E-state index in [0.29, 0.717) is 24.3 Å². The van der Waals surface area contributed by atoms with Crippen LogP contribution in [-0.4, -0.2) is 60.4 Å². The number of piperazine rings is 1. The van der Waals surface area contributed by atoms with Crippen LogP contribution >= 0.6 is 0 Å². The van der Waals surface area contributed by atoms with E-state index in [4.69, 9.17) is 0 Å². The van der Waals surface area contributed by atoms with Crippen molar-refractivity contribution in [3.8, 4) is 0 Å². The van der Waals surface area contributed by atoms with Gasteiger partial charge in [-0.05, 0) is 31.6 Å². The molecule has 1 aliphatic heterocycles. The number of carbonyl (C=O) groups excluding carboxylic acids is 2. The Labute approximate surface area is 139 Å². The van der Waals surface area contributed by atoms with E-state index in [1.807, 2.05) is 4.90 Å². The molecule has 1 atom stereocenters. The molecule has 2 aliphatic carbocycles. The van der Waals surface area contributed by atoms with Crippen LogP contribution in [0.4, 0.5) is 0 Å². The predicted molar refractivity (Wildman–Crippen MR) is 89.8 cm³/mol. The fourth-order valence-corrected chi connectivity index (χ4v) is 4.04. The minimum absolute atomic E-state index is 0.0318. The summed E-state index contributed by atoms with van der Waals surface area (Å²) < 4.78 is 0. The molecule has 23 heavy (non-hydrogen) atoms. The molecule has 2 saturated carbocycles. The first kappa shape index (κ1) is 16.5. The van der Waals surface area contributed by atoms with Crippen LogP contribution in [0.5, 0.6) is 0 Å². The van der Waals surface area contributed by atoms with Crippen LogP contribution in [0.1, 0.15) is 38.5 Å². The fourth-order valence-electron chi connectivity index (χ4n) is 4.04. The van der Waals surface area contributed by atoms with Crippen LogP contribution in [0.25, 0.3) is 0 Å². The maximum atomic E-state index is 12.6. The lowest BCUT2D eigenvalue weighted by molar-refractivity contribution is -0.136. The largest absolute Gasteiger partial charge is 0.351 e. The summed E-state index contributed by atoms with van der Waals surface area (Å²) in [7, 11) is 0. The zero-order valence-electron chi connectivity index (χ0n) is 14.0. The van der Waals surface area contributed by atoms with E-state index in [0.717, 1.165) is 51.9 Å². The van der Waals surface area contributed by atoms with Crippen LogP contribution in [0.15, 0.2) is 12.7 Å². The Hall–Kier alpha value is -1.36. The van der Waals surface area contributed by atoms with E-state index in [1.165, 1.54) is 12.8 Å². The molecular weight excluding hydrogens is 290 g/mol. The fraction of sp³-hybridized carbons (Fsp3) is 0.778. The van der Waals surface area contributed by atoms with E-state index in [-0.39, 0.29) is 11.9 Å². The first-order valence-corrected chi connectivity index (χ1v) is 9.12. The third-order valence-electron chi connectivity index (χ3n) is 5.48. The highest BCUT2D eigenvalue weighted by atomic mass is 16.2. The van der Waals surface area contributed by atoms with Crippen molar-refractivity contribution in [3.63, 3.8) is 0 Å². The van der Waals surface area contributed by atoms with E-state index in [9.17, 15) is 9.59 Å². The minimum atomic E-state index is -0.0318. The summed E-state index contributed by atoms with van der Waals surface area (Å²) in [4.78, 5) is 29.1. The summed E-state index contributed by atoms with van der Waals surface area (Å²) in [5.74, 6) is 1.23. The van der Waals surface area contributed by atoms with Gasteiger partial charge in [0.1, 0.15) is 0 Å². The molecule has 2 amide bonds. The average Bonchev–Trinajstić information content (AvgIpc) is 3.30. The molecule has 1 N–H and O–H groups in total. The van der Waals surface area contributed by atoms with Gasteiger partial charge in [-0.15, -0.1) is 6.58 Å². The second kappa shape index (κ2) is 7.47.